The summed E-state index contributed by atoms with van der Waals surface area (Å²) in [5.41, 5.74) is 3.40. The van der Waals surface area contributed by atoms with Crippen LogP contribution in [0.1, 0.15) is 15.4 Å². The third-order valence-corrected chi connectivity index (χ3v) is 4.57. The second-order valence-corrected chi connectivity index (χ2v) is 5.82. The van der Waals surface area contributed by atoms with Gasteiger partial charge in [-0.15, -0.1) is 11.3 Å². The Bertz CT molecular complexity index is 663. The van der Waals surface area contributed by atoms with Gasteiger partial charge in [0.1, 0.15) is 10.8 Å². The lowest BCUT2D eigenvalue weighted by molar-refractivity contribution is -0.139. The molecule has 104 valence electrons. The quantitative estimate of drug-likeness (QED) is 0.815. The van der Waals surface area contributed by atoms with Crippen molar-refractivity contribution in [2.45, 2.75) is 19.3 Å². The zero-order valence-electron chi connectivity index (χ0n) is 11.4. The van der Waals surface area contributed by atoms with Crippen LogP contribution in [0.2, 0.25) is 0 Å². The minimum Gasteiger partial charge on any atom is -0.497 e. The van der Waals surface area contributed by atoms with Crippen molar-refractivity contribution < 1.29 is 14.3 Å². The predicted molar refractivity (Wildman–Crippen MR) is 77.2 cm³/mol. The summed E-state index contributed by atoms with van der Waals surface area (Å²) in [5.74, 6) is 0.584. The largest absolute Gasteiger partial charge is 0.497 e. The summed E-state index contributed by atoms with van der Waals surface area (Å²) in [6.45, 7) is 0. The monoisotopic (exact) mass is 289 g/mol. The number of fused-ring (bicyclic) bond motifs is 3. The van der Waals surface area contributed by atoms with E-state index >= 15 is 0 Å². The van der Waals surface area contributed by atoms with Gasteiger partial charge in [-0.1, -0.05) is 6.07 Å². The zero-order valence-corrected chi connectivity index (χ0v) is 12.3. The number of hydrogen-bond acceptors (Lipinski definition) is 5. The van der Waals surface area contributed by atoms with E-state index in [9.17, 15) is 4.79 Å². The van der Waals surface area contributed by atoms with Gasteiger partial charge in [-0.05, 0) is 30.5 Å². The van der Waals surface area contributed by atoms with Crippen LogP contribution in [0, 0.1) is 0 Å². The number of benzene rings is 1. The highest BCUT2D eigenvalue weighted by Gasteiger charge is 2.22. The average Bonchev–Trinajstić information content (AvgIpc) is 2.89. The van der Waals surface area contributed by atoms with Crippen LogP contribution in [0.3, 0.4) is 0 Å². The molecule has 0 spiro atoms. The number of carbonyl (C=O) groups is 1. The van der Waals surface area contributed by atoms with Gasteiger partial charge in [0.05, 0.1) is 26.3 Å². The first-order valence-electron chi connectivity index (χ1n) is 6.44. The van der Waals surface area contributed by atoms with Gasteiger partial charge in [0.25, 0.3) is 0 Å². The molecule has 0 amide bonds. The van der Waals surface area contributed by atoms with Gasteiger partial charge >= 0.3 is 5.97 Å². The number of hydrogen-bond donors (Lipinski definition) is 0. The molecule has 0 atom stereocenters. The Morgan fingerprint density at radius 3 is 2.95 bits per heavy atom. The topological polar surface area (TPSA) is 48.4 Å². The summed E-state index contributed by atoms with van der Waals surface area (Å²) >= 11 is 1.60. The summed E-state index contributed by atoms with van der Waals surface area (Å²) in [6.07, 6.45) is 2.23. The van der Waals surface area contributed by atoms with E-state index in [0.717, 1.165) is 34.9 Å². The van der Waals surface area contributed by atoms with Crippen molar-refractivity contribution in [3.05, 3.63) is 33.6 Å². The van der Waals surface area contributed by atoms with Crippen LogP contribution >= 0.6 is 11.3 Å². The van der Waals surface area contributed by atoms with E-state index in [0.29, 0.717) is 0 Å². The maximum absolute atomic E-state index is 11.4. The van der Waals surface area contributed by atoms with Crippen molar-refractivity contribution in [1.82, 2.24) is 4.98 Å². The lowest BCUT2D eigenvalue weighted by atomic mass is 9.93. The van der Waals surface area contributed by atoms with Crippen molar-refractivity contribution in [3.8, 4) is 17.0 Å². The van der Waals surface area contributed by atoms with E-state index in [1.807, 2.05) is 12.1 Å². The molecule has 0 N–H and O–H groups in total. The molecule has 1 aliphatic carbocycles. The first kappa shape index (κ1) is 13.1. The first-order chi connectivity index (χ1) is 9.71. The normalized spacial score (nSPS) is 12.5. The van der Waals surface area contributed by atoms with Gasteiger partial charge in [0, 0.05) is 10.4 Å². The van der Waals surface area contributed by atoms with Gasteiger partial charge in [-0.2, -0.15) is 0 Å². The number of ether oxygens (including phenoxy) is 2. The SMILES string of the molecule is COC(=O)Cc1nc2c(s1)CCc1ccc(OC)cc1-2. The Morgan fingerprint density at radius 1 is 1.35 bits per heavy atom. The maximum atomic E-state index is 11.4. The fraction of sp³-hybridized carbons (Fsp3) is 0.333. The molecule has 1 aromatic carbocycles. The number of esters is 1. The molecule has 0 bridgehead atoms. The molecule has 0 saturated heterocycles. The van der Waals surface area contributed by atoms with Gasteiger partial charge in [0.2, 0.25) is 0 Å². The third kappa shape index (κ3) is 2.29. The molecule has 5 heteroatoms. The van der Waals surface area contributed by atoms with Gasteiger partial charge in [-0.3, -0.25) is 4.79 Å². The summed E-state index contributed by atoms with van der Waals surface area (Å²) in [7, 11) is 3.06. The smallest absolute Gasteiger partial charge is 0.312 e. The Balaban J connectivity index is 2.00. The van der Waals surface area contributed by atoms with Gasteiger partial charge < -0.3 is 9.47 Å². The zero-order chi connectivity index (χ0) is 14.1. The van der Waals surface area contributed by atoms with Gasteiger partial charge in [0.15, 0.2) is 0 Å². The Morgan fingerprint density at radius 2 is 2.20 bits per heavy atom. The minimum absolute atomic E-state index is 0.244. The van der Waals surface area contributed by atoms with Crippen LogP contribution in [-0.2, 0) is 28.8 Å². The van der Waals surface area contributed by atoms with Crippen molar-refractivity contribution in [2.24, 2.45) is 0 Å². The first-order valence-corrected chi connectivity index (χ1v) is 7.25. The summed E-state index contributed by atoms with van der Waals surface area (Å²) < 4.78 is 9.99. The molecule has 0 aliphatic heterocycles. The Hall–Kier alpha value is -1.88. The van der Waals surface area contributed by atoms with Crippen molar-refractivity contribution in [2.75, 3.05) is 14.2 Å². The van der Waals surface area contributed by atoms with E-state index in [2.05, 4.69) is 11.1 Å². The highest BCUT2D eigenvalue weighted by molar-refractivity contribution is 7.12. The summed E-state index contributed by atoms with van der Waals surface area (Å²) in [5, 5.41) is 0.817. The highest BCUT2D eigenvalue weighted by atomic mass is 32.1. The van der Waals surface area contributed by atoms with Crippen molar-refractivity contribution in [3.63, 3.8) is 0 Å². The number of aromatic nitrogens is 1. The van der Waals surface area contributed by atoms with Crippen LogP contribution < -0.4 is 4.74 Å². The second kappa shape index (κ2) is 5.25. The van der Waals surface area contributed by atoms with E-state index in [1.54, 1.807) is 18.4 Å². The molecule has 1 heterocycles. The van der Waals surface area contributed by atoms with Crippen LogP contribution in [0.15, 0.2) is 18.2 Å². The van der Waals surface area contributed by atoms with Crippen molar-refractivity contribution in [1.29, 1.82) is 0 Å². The van der Waals surface area contributed by atoms with Crippen LogP contribution in [0.4, 0.5) is 0 Å². The van der Waals surface area contributed by atoms with E-state index in [1.165, 1.54) is 17.6 Å². The molecule has 0 fully saturated rings. The molecule has 1 aliphatic rings. The number of thiazole rings is 1. The molecule has 3 rings (SSSR count). The maximum Gasteiger partial charge on any atom is 0.312 e. The standard InChI is InChI=1S/C15H15NO3S/c1-18-10-5-3-9-4-6-12-15(11(9)7-10)16-13(20-12)8-14(17)19-2/h3,5,7H,4,6,8H2,1-2H3. The number of methoxy groups -OCH3 is 2. The fourth-order valence-electron chi connectivity index (χ4n) is 2.42. The molecular weight excluding hydrogens is 274 g/mol. The second-order valence-electron chi connectivity index (χ2n) is 4.66. The van der Waals surface area contributed by atoms with E-state index < -0.39 is 0 Å². The summed E-state index contributed by atoms with van der Waals surface area (Å²) in [6, 6.07) is 6.09. The lowest BCUT2D eigenvalue weighted by Gasteiger charge is -2.15. The third-order valence-electron chi connectivity index (χ3n) is 3.46. The molecule has 4 nitrogen and oxygen atoms in total. The van der Waals surface area contributed by atoms with E-state index in [4.69, 9.17) is 9.47 Å². The molecule has 1 aromatic heterocycles. The molecule has 2 aromatic rings. The Labute approximate surface area is 121 Å². The number of aryl methyl sites for hydroxylation is 2. The molecule has 0 saturated carbocycles. The molecule has 0 radical (unpaired) electrons. The predicted octanol–water partition coefficient (Wildman–Crippen LogP) is 2.63. The number of rotatable bonds is 3. The van der Waals surface area contributed by atoms with E-state index in [-0.39, 0.29) is 12.4 Å². The van der Waals surface area contributed by atoms with Crippen LogP contribution in [0.25, 0.3) is 11.3 Å². The average molecular weight is 289 g/mol. The molecular formula is C15H15NO3S. The summed E-state index contributed by atoms with van der Waals surface area (Å²) in [4.78, 5) is 17.2. The van der Waals surface area contributed by atoms with Crippen molar-refractivity contribution >= 4 is 17.3 Å². The van der Waals surface area contributed by atoms with Crippen LogP contribution in [-0.4, -0.2) is 25.2 Å². The fourth-order valence-corrected chi connectivity index (χ4v) is 3.49. The highest BCUT2D eigenvalue weighted by Crippen LogP contribution is 2.38. The molecule has 20 heavy (non-hydrogen) atoms. The number of carbonyl (C=O) groups excluding carboxylic acids is 1. The molecule has 0 unspecified atom stereocenters. The minimum atomic E-state index is -0.248. The Kier molecular flexibility index (Phi) is 3.44. The van der Waals surface area contributed by atoms with Gasteiger partial charge in [-0.25, -0.2) is 4.98 Å². The number of nitrogens with zero attached hydrogens (tertiary/aromatic N) is 1. The lowest BCUT2D eigenvalue weighted by Crippen LogP contribution is -2.04. The van der Waals surface area contributed by atoms with Crippen LogP contribution in [0.5, 0.6) is 5.75 Å².